The van der Waals surface area contributed by atoms with E-state index >= 15 is 0 Å². The average Bonchev–Trinajstić information content (AvgIpc) is 2.38. The Kier molecular flexibility index (Phi) is 5.93. The molecule has 2 nitrogen and oxygen atoms in total. The van der Waals surface area contributed by atoms with Gasteiger partial charge in [0.15, 0.2) is 0 Å². The minimum Gasteiger partial charge on any atom is -0.496 e. The molecule has 0 aliphatic carbocycles. The molecule has 1 rings (SSSR count). The van der Waals surface area contributed by atoms with Crippen LogP contribution in [0.5, 0.6) is 5.75 Å². The van der Waals surface area contributed by atoms with Crippen molar-refractivity contribution in [2.24, 2.45) is 11.7 Å². The fourth-order valence-electron chi connectivity index (χ4n) is 2.16. The van der Waals surface area contributed by atoms with Crippen molar-refractivity contribution in [3.8, 4) is 5.75 Å². The molecule has 0 heterocycles. The van der Waals surface area contributed by atoms with E-state index in [4.69, 9.17) is 10.5 Å². The summed E-state index contributed by atoms with van der Waals surface area (Å²) in [6.45, 7) is 7.30. The van der Waals surface area contributed by atoms with Crippen LogP contribution in [-0.2, 0) is 6.42 Å². The molecule has 0 aliphatic heterocycles. The van der Waals surface area contributed by atoms with Crippen molar-refractivity contribution < 1.29 is 4.74 Å². The van der Waals surface area contributed by atoms with Crippen LogP contribution >= 0.6 is 0 Å². The van der Waals surface area contributed by atoms with E-state index < -0.39 is 0 Å². The first-order valence-corrected chi connectivity index (χ1v) is 6.71. The van der Waals surface area contributed by atoms with Gasteiger partial charge in [-0.1, -0.05) is 32.9 Å². The highest BCUT2D eigenvalue weighted by atomic mass is 16.5. The largest absolute Gasteiger partial charge is 0.496 e. The van der Waals surface area contributed by atoms with E-state index in [1.807, 2.05) is 0 Å². The van der Waals surface area contributed by atoms with Gasteiger partial charge in [0.05, 0.1) is 7.11 Å². The van der Waals surface area contributed by atoms with E-state index in [2.05, 4.69) is 45.0 Å². The molecule has 1 aromatic rings. The summed E-state index contributed by atoms with van der Waals surface area (Å²) in [5.41, 5.74) is 9.51. The van der Waals surface area contributed by atoms with E-state index in [9.17, 15) is 0 Å². The van der Waals surface area contributed by atoms with Crippen LogP contribution in [0.25, 0.3) is 5.57 Å². The van der Waals surface area contributed by atoms with E-state index in [0.29, 0.717) is 12.5 Å². The highest BCUT2D eigenvalue weighted by molar-refractivity contribution is 5.68. The van der Waals surface area contributed by atoms with Crippen LogP contribution in [0.3, 0.4) is 0 Å². The van der Waals surface area contributed by atoms with Gasteiger partial charge in [-0.15, -0.1) is 0 Å². The molecule has 0 aromatic heterocycles. The molecule has 18 heavy (non-hydrogen) atoms. The third kappa shape index (κ3) is 3.61. The summed E-state index contributed by atoms with van der Waals surface area (Å²) in [6.07, 6.45) is 4.17. The van der Waals surface area contributed by atoms with Gasteiger partial charge in [-0.05, 0) is 54.1 Å². The molecule has 0 aliphatic rings. The summed E-state index contributed by atoms with van der Waals surface area (Å²) >= 11 is 0. The van der Waals surface area contributed by atoms with Crippen molar-refractivity contribution >= 4 is 5.57 Å². The standard InChI is InChI=1S/C16H25NO/c1-5-13-11-14(8-9-16(13)18-4)15(12(2)3)7-6-10-17/h7-9,11-12H,5-6,10,17H2,1-4H3/b15-7+. The Bertz CT molecular complexity index is 408. The lowest BCUT2D eigenvalue weighted by atomic mass is 9.92. The van der Waals surface area contributed by atoms with E-state index in [1.54, 1.807) is 7.11 Å². The Hall–Kier alpha value is -1.28. The lowest BCUT2D eigenvalue weighted by Crippen LogP contribution is -2.00. The third-order valence-corrected chi connectivity index (χ3v) is 3.15. The van der Waals surface area contributed by atoms with Crippen LogP contribution in [0.15, 0.2) is 24.3 Å². The van der Waals surface area contributed by atoms with Gasteiger partial charge in [0.2, 0.25) is 0 Å². The van der Waals surface area contributed by atoms with Crippen LogP contribution < -0.4 is 10.5 Å². The maximum Gasteiger partial charge on any atom is 0.122 e. The summed E-state index contributed by atoms with van der Waals surface area (Å²) in [4.78, 5) is 0. The number of hydrogen-bond acceptors (Lipinski definition) is 2. The highest BCUT2D eigenvalue weighted by Gasteiger charge is 2.09. The Morgan fingerprint density at radius 1 is 1.39 bits per heavy atom. The van der Waals surface area contributed by atoms with Crippen molar-refractivity contribution in [1.82, 2.24) is 0 Å². The van der Waals surface area contributed by atoms with Crippen molar-refractivity contribution in [2.75, 3.05) is 13.7 Å². The lowest BCUT2D eigenvalue weighted by molar-refractivity contribution is 0.410. The number of rotatable bonds is 6. The van der Waals surface area contributed by atoms with Gasteiger partial charge in [0.1, 0.15) is 5.75 Å². The Morgan fingerprint density at radius 3 is 2.61 bits per heavy atom. The van der Waals surface area contributed by atoms with Crippen molar-refractivity contribution in [3.63, 3.8) is 0 Å². The minimum absolute atomic E-state index is 0.509. The zero-order valence-electron chi connectivity index (χ0n) is 12.0. The smallest absolute Gasteiger partial charge is 0.122 e. The highest BCUT2D eigenvalue weighted by Crippen LogP contribution is 2.28. The Morgan fingerprint density at radius 2 is 2.11 bits per heavy atom. The molecule has 100 valence electrons. The first-order valence-electron chi connectivity index (χ1n) is 6.71. The molecule has 0 atom stereocenters. The molecule has 0 fully saturated rings. The lowest BCUT2D eigenvalue weighted by Gasteiger charge is -2.15. The van der Waals surface area contributed by atoms with Gasteiger partial charge < -0.3 is 10.5 Å². The molecule has 1 aromatic carbocycles. The molecule has 0 saturated carbocycles. The van der Waals surface area contributed by atoms with Gasteiger partial charge >= 0.3 is 0 Å². The van der Waals surface area contributed by atoms with Crippen LogP contribution in [0.1, 0.15) is 38.3 Å². The number of methoxy groups -OCH3 is 1. The molecular formula is C16H25NO. The number of benzene rings is 1. The first-order chi connectivity index (χ1) is 8.63. The predicted molar refractivity (Wildman–Crippen MR) is 78.9 cm³/mol. The van der Waals surface area contributed by atoms with Crippen molar-refractivity contribution in [3.05, 3.63) is 35.4 Å². The topological polar surface area (TPSA) is 35.2 Å². The summed E-state index contributed by atoms with van der Waals surface area (Å²) < 4.78 is 5.37. The van der Waals surface area contributed by atoms with Crippen molar-refractivity contribution in [2.45, 2.75) is 33.6 Å². The monoisotopic (exact) mass is 247 g/mol. The van der Waals surface area contributed by atoms with Crippen LogP contribution in [0.2, 0.25) is 0 Å². The number of nitrogens with two attached hydrogens (primary N) is 1. The summed E-state index contributed by atoms with van der Waals surface area (Å²) in [7, 11) is 1.72. The molecule has 0 saturated heterocycles. The van der Waals surface area contributed by atoms with Gasteiger partial charge in [-0.25, -0.2) is 0 Å². The third-order valence-electron chi connectivity index (χ3n) is 3.15. The van der Waals surface area contributed by atoms with Crippen molar-refractivity contribution in [1.29, 1.82) is 0 Å². The zero-order chi connectivity index (χ0) is 13.5. The molecule has 0 amide bonds. The summed E-state index contributed by atoms with van der Waals surface area (Å²) in [6, 6.07) is 6.44. The Labute approximate surface area is 111 Å². The van der Waals surface area contributed by atoms with Gasteiger partial charge in [-0.2, -0.15) is 0 Å². The fraction of sp³-hybridized carbons (Fsp3) is 0.500. The minimum atomic E-state index is 0.509. The number of ether oxygens (including phenoxy) is 1. The second-order valence-corrected chi connectivity index (χ2v) is 4.77. The second kappa shape index (κ2) is 7.22. The number of allylic oxidation sites excluding steroid dienone is 1. The SMILES string of the molecule is CCc1cc(/C(=C/CCN)C(C)C)ccc1OC. The normalized spacial score (nSPS) is 12.0. The number of aryl methyl sites for hydroxylation is 1. The quantitative estimate of drug-likeness (QED) is 0.833. The van der Waals surface area contributed by atoms with Crippen LogP contribution in [0, 0.1) is 5.92 Å². The van der Waals surface area contributed by atoms with Gasteiger partial charge in [0, 0.05) is 0 Å². The average molecular weight is 247 g/mol. The van der Waals surface area contributed by atoms with Gasteiger partial charge in [0.25, 0.3) is 0 Å². The fourth-order valence-corrected chi connectivity index (χ4v) is 2.16. The summed E-state index contributed by atoms with van der Waals surface area (Å²) in [5, 5.41) is 0. The first kappa shape index (κ1) is 14.8. The molecule has 0 bridgehead atoms. The van der Waals surface area contributed by atoms with Crippen LogP contribution in [0.4, 0.5) is 0 Å². The van der Waals surface area contributed by atoms with E-state index in [1.165, 1.54) is 16.7 Å². The maximum absolute atomic E-state index is 5.59. The number of hydrogen-bond donors (Lipinski definition) is 1. The molecule has 0 spiro atoms. The predicted octanol–water partition coefficient (Wildman–Crippen LogP) is 3.65. The van der Waals surface area contributed by atoms with Gasteiger partial charge in [-0.3, -0.25) is 0 Å². The molecule has 0 unspecified atom stereocenters. The van der Waals surface area contributed by atoms with E-state index in [0.717, 1.165) is 18.6 Å². The van der Waals surface area contributed by atoms with Crippen LogP contribution in [-0.4, -0.2) is 13.7 Å². The second-order valence-electron chi connectivity index (χ2n) is 4.77. The Balaban J connectivity index is 3.13. The maximum atomic E-state index is 5.59. The molecule has 2 heteroatoms. The van der Waals surface area contributed by atoms with E-state index in [-0.39, 0.29) is 0 Å². The summed E-state index contributed by atoms with van der Waals surface area (Å²) in [5.74, 6) is 1.48. The molecule has 2 N–H and O–H groups in total. The molecular weight excluding hydrogens is 222 g/mol. The zero-order valence-corrected chi connectivity index (χ0v) is 12.0. The molecule has 0 radical (unpaired) electrons.